The molecule has 0 radical (unpaired) electrons. The number of hydrogen-bond donors (Lipinski definition) is 0. The lowest BCUT2D eigenvalue weighted by Crippen LogP contribution is -2.37. The fourth-order valence-electron chi connectivity index (χ4n) is 3.13. The molecule has 8 heteroatoms. The van der Waals surface area contributed by atoms with Gasteiger partial charge in [0.25, 0.3) is 0 Å². The van der Waals surface area contributed by atoms with Crippen LogP contribution < -0.4 is 4.90 Å². The van der Waals surface area contributed by atoms with E-state index in [1.165, 1.54) is 10.4 Å². The predicted molar refractivity (Wildman–Crippen MR) is 95.6 cm³/mol. The van der Waals surface area contributed by atoms with E-state index in [0.29, 0.717) is 18.8 Å². The molecule has 1 aromatic heterocycles. The molecule has 1 atom stereocenters. The lowest BCUT2D eigenvalue weighted by molar-refractivity contribution is 0.599. The normalized spacial score (nSPS) is 18.9. The molecule has 1 fully saturated rings. The summed E-state index contributed by atoms with van der Waals surface area (Å²) in [6.45, 7) is 6.54. The van der Waals surface area contributed by atoms with Crippen LogP contribution in [0.3, 0.4) is 0 Å². The molecule has 1 aliphatic rings. The average molecular weight is 359 g/mol. The van der Waals surface area contributed by atoms with E-state index in [4.69, 9.17) is 0 Å². The van der Waals surface area contributed by atoms with Gasteiger partial charge >= 0.3 is 0 Å². The van der Waals surface area contributed by atoms with Crippen molar-refractivity contribution in [2.24, 2.45) is 0 Å². The Kier molecular flexibility index (Phi) is 4.52. The van der Waals surface area contributed by atoms with Crippen molar-refractivity contribution in [3.63, 3.8) is 0 Å². The van der Waals surface area contributed by atoms with Crippen LogP contribution in [0.5, 0.6) is 0 Å². The first-order chi connectivity index (χ1) is 11.8. The molecular formula is C17H21N5O2S. The number of benzene rings is 1. The Morgan fingerprint density at radius 1 is 1.32 bits per heavy atom. The molecule has 1 saturated heterocycles. The number of aryl methyl sites for hydroxylation is 2. The van der Waals surface area contributed by atoms with Crippen molar-refractivity contribution >= 4 is 15.7 Å². The van der Waals surface area contributed by atoms with Gasteiger partial charge in [0.2, 0.25) is 5.69 Å². The minimum atomic E-state index is -3.01. The van der Waals surface area contributed by atoms with Gasteiger partial charge in [-0.05, 0) is 50.5 Å². The van der Waals surface area contributed by atoms with Crippen molar-refractivity contribution in [3.05, 3.63) is 35.0 Å². The van der Waals surface area contributed by atoms with Crippen LogP contribution in [-0.4, -0.2) is 47.5 Å². The summed E-state index contributed by atoms with van der Waals surface area (Å²) < 4.78 is 23.6. The van der Waals surface area contributed by atoms with Gasteiger partial charge < -0.3 is 4.90 Å². The molecule has 7 nitrogen and oxygen atoms in total. The number of rotatable bonds is 4. The van der Waals surface area contributed by atoms with E-state index in [2.05, 4.69) is 16.3 Å². The number of aromatic nitrogens is 3. The Hall–Kier alpha value is -2.40. The quantitative estimate of drug-likeness (QED) is 0.826. The molecule has 25 heavy (non-hydrogen) atoms. The molecule has 0 aliphatic carbocycles. The monoisotopic (exact) mass is 359 g/mol. The van der Waals surface area contributed by atoms with E-state index in [9.17, 15) is 13.7 Å². The Morgan fingerprint density at radius 3 is 2.64 bits per heavy atom. The minimum Gasteiger partial charge on any atom is -0.349 e. The van der Waals surface area contributed by atoms with Gasteiger partial charge in [-0.15, -0.1) is 15.0 Å². The largest absolute Gasteiger partial charge is 0.349 e. The van der Waals surface area contributed by atoms with Gasteiger partial charge in [0.05, 0.1) is 17.2 Å². The highest BCUT2D eigenvalue weighted by atomic mass is 32.2. The lowest BCUT2D eigenvalue weighted by Gasteiger charge is -2.26. The first kappa shape index (κ1) is 17.4. The zero-order valence-corrected chi connectivity index (χ0v) is 15.4. The minimum absolute atomic E-state index is 0.0994. The first-order valence-electron chi connectivity index (χ1n) is 8.26. The molecule has 1 aromatic carbocycles. The second-order valence-corrected chi connectivity index (χ2v) is 8.61. The first-order valence-corrected chi connectivity index (χ1v) is 10.1. The van der Waals surface area contributed by atoms with Crippen molar-refractivity contribution < 1.29 is 8.42 Å². The van der Waals surface area contributed by atoms with E-state index >= 15 is 0 Å². The number of nitrogens with zero attached hydrogens (tertiary/aromatic N) is 5. The van der Waals surface area contributed by atoms with Gasteiger partial charge in [-0.3, -0.25) is 0 Å². The summed E-state index contributed by atoms with van der Waals surface area (Å²) in [7, 11) is -3.01. The third kappa shape index (κ3) is 3.37. The molecule has 0 spiro atoms. The third-order valence-corrected chi connectivity index (χ3v) is 6.44. The molecular weight excluding hydrogens is 338 g/mol. The summed E-state index contributed by atoms with van der Waals surface area (Å²) in [6.07, 6.45) is 0.553. The average Bonchev–Trinajstić information content (AvgIpc) is 3.14. The molecule has 0 saturated carbocycles. The number of hydrogen-bond acceptors (Lipinski definition) is 6. The van der Waals surface area contributed by atoms with Crippen LogP contribution in [0.15, 0.2) is 18.2 Å². The van der Waals surface area contributed by atoms with Gasteiger partial charge in [0.1, 0.15) is 6.07 Å². The number of nitriles is 1. The zero-order chi connectivity index (χ0) is 18.2. The number of sulfone groups is 1. The van der Waals surface area contributed by atoms with Crippen LogP contribution in [0.25, 0.3) is 5.69 Å². The van der Waals surface area contributed by atoms with Gasteiger partial charge in [0, 0.05) is 12.6 Å². The smallest absolute Gasteiger partial charge is 0.207 e. The van der Waals surface area contributed by atoms with Crippen molar-refractivity contribution in [2.75, 3.05) is 23.0 Å². The van der Waals surface area contributed by atoms with Crippen LogP contribution in [0.2, 0.25) is 0 Å². The SMILES string of the molecule is CCN(c1nn(-c2ccc(C)c(C)c2)nc1C#N)C1CCS(=O)(=O)C1. The van der Waals surface area contributed by atoms with Gasteiger partial charge in [-0.1, -0.05) is 6.07 Å². The lowest BCUT2D eigenvalue weighted by atomic mass is 10.1. The highest BCUT2D eigenvalue weighted by Crippen LogP contribution is 2.25. The summed E-state index contributed by atoms with van der Waals surface area (Å²) >= 11 is 0. The maximum Gasteiger partial charge on any atom is 0.207 e. The molecule has 0 amide bonds. The van der Waals surface area contributed by atoms with Gasteiger partial charge in [-0.25, -0.2) is 8.42 Å². The topological polar surface area (TPSA) is 91.9 Å². The maximum atomic E-state index is 11.8. The molecule has 1 aliphatic heterocycles. The fourth-order valence-corrected chi connectivity index (χ4v) is 4.86. The Balaban J connectivity index is 2.00. The molecule has 3 rings (SSSR count). The van der Waals surface area contributed by atoms with Crippen LogP contribution in [-0.2, 0) is 9.84 Å². The van der Waals surface area contributed by atoms with Crippen molar-refractivity contribution in [1.29, 1.82) is 5.26 Å². The summed E-state index contributed by atoms with van der Waals surface area (Å²) in [4.78, 5) is 3.33. The fraction of sp³-hybridized carbons (Fsp3) is 0.471. The zero-order valence-electron chi connectivity index (χ0n) is 14.6. The summed E-state index contributed by atoms with van der Waals surface area (Å²) in [5, 5.41) is 18.3. The molecule has 132 valence electrons. The summed E-state index contributed by atoms with van der Waals surface area (Å²) in [5.41, 5.74) is 3.28. The van der Waals surface area contributed by atoms with Gasteiger partial charge in [-0.2, -0.15) is 5.26 Å². The second-order valence-electron chi connectivity index (χ2n) is 6.38. The van der Waals surface area contributed by atoms with E-state index in [1.54, 1.807) is 0 Å². The maximum absolute atomic E-state index is 11.8. The number of anilines is 1. The molecule has 1 unspecified atom stereocenters. The van der Waals surface area contributed by atoms with Crippen LogP contribution in [0, 0.1) is 25.2 Å². The van der Waals surface area contributed by atoms with E-state index in [1.807, 2.05) is 43.9 Å². The van der Waals surface area contributed by atoms with Crippen molar-refractivity contribution in [2.45, 2.75) is 33.2 Å². The van der Waals surface area contributed by atoms with Gasteiger partial charge in [0.15, 0.2) is 15.7 Å². The summed E-state index contributed by atoms with van der Waals surface area (Å²) in [6, 6.07) is 7.79. The molecule has 0 bridgehead atoms. The highest BCUT2D eigenvalue weighted by Gasteiger charge is 2.34. The molecule has 2 heterocycles. The van der Waals surface area contributed by atoms with Crippen molar-refractivity contribution in [1.82, 2.24) is 15.0 Å². The Bertz CT molecular complexity index is 942. The molecule has 0 N–H and O–H groups in total. The van der Waals surface area contributed by atoms with Crippen LogP contribution in [0.1, 0.15) is 30.2 Å². The van der Waals surface area contributed by atoms with Crippen molar-refractivity contribution in [3.8, 4) is 11.8 Å². The highest BCUT2D eigenvalue weighted by molar-refractivity contribution is 7.91. The predicted octanol–water partition coefficient (Wildman–Crippen LogP) is 1.77. The van der Waals surface area contributed by atoms with E-state index < -0.39 is 9.84 Å². The van der Waals surface area contributed by atoms with Crippen LogP contribution >= 0.6 is 0 Å². The third-order valence-electron chi connectivity index (χ3n) is 4.69. The Labute approximate surface area is 147 Å². The van der Waals surface area contributed by atoms with Crippen LogP contribution in [0.4, 0.5) is 5.82 Å². The Morgan fingerprint density at radius 2 is 2.08 bits per heavy atom. The summed E-state index contributed by atoms with van der Waals surface area (Å²) in [5.74, 6) is 0.731. The second kappa shape index (κ2) is 6.48. The van der Waals surface area contributed by atoms with E-state index in [-0.39, 0.29) is 23.2 Å². The van der Waals surface area contributed by atoms with E-state index in [0.717, 1.165) is 11.3 Å². The molecule has 2 aromatic rings. The standard InChI is InChI=1S/C17H21N5O2S/c1-4-21(15-7-8-25(23,24)11-15)17-16(10-18)19-22(20-17)14-6-5-12(2)13(3)9-14/h5-6,9,15H,4,7-8,11H2,1-3H3.